The van der Waals surface area contributed by atoms with Crippen molar-refractivity contribution < 1.29 is 27.1 Å². The van der Waals surface area contributed by atoms with E-state index in [4.69, 9.17) is 16.3 Å². The molecule has 0 saturated heterocycles. The molecule has 1 aromatic carbocycles. The minimum absolute atomic E-state index is 0.00214. The number of halogens is 5. The van der Waals surface area contributed by atoms with Gasteiger partial charge in [-0.1, -0.05) is 23.6 Å². The molecular weight excluding hydrogens is 452 g/mol. The van der Waals surface area contributed by atoms with Crippen molar-refractivity contribution in [3.8, 4) is 29.0 Å². The molecule has 0 unspecified atom stereocenters. The lowest BCUT2D eigenvalue weighted by atomic mass is 10.1. The molecule has 3 aromatic rings. The van der Waals surface area contributed by atoms with E-state index in [1.165, 1.54) is 25.4 Å². The van der Waals surface area contributed by atoms with Gasteiger partial charge in [0.25, 0.3) is 0 Å². The zero-order valence-electron chi connectivity index (χ0n) is 16.5. The third-order valence-corrected chi connectivity index (χ3v) is 4.42. The molecule has 1 N–H and O–H groups in total. The molecular formula is C21H13ClF4N4O2. The predicted molar refractivity (Wildman–Crippen MR) is 109 cm³/mol. The third kappa shape index (κ3) is 5.12. The summed E-state index contributed by atoms with van der Waals surface area (Å²) in [7, 11) is 1.45. The fourth-order valence-corrected chi connectivity index (χ4v) is 2.74. The maximum Gasteiger partial charge on any atom is 0.471 e. The number of ether oxygens (including phenoxy) is 1. The normalized spacial score (nSPS) is 10.8. The number of anilines is 1. The van der Waals surface area contributed by atoms with Gasteiger partial charge < -0.3 is 10.1 Å². The van der Waals surface area contributed by atoms with Crippen molar-refractivity contribution in [2.75, 3.05) is 12.4 Å². The molecule has 0 spiro atoms. The highest BCUT2D eigenvalue weighted by Crippen LogP contribution is 2.26. The van der Waals surface area contributed by atoms with Crippen molar-refractivity contribution in [3.05, 3.63) is 64.3 Å². The average molecular weight is 465 g/mol. The number of carbonyl (C=O) groups excluding carboxylic acids is 1. The molecule has 0 aliphatic carbocycles. The quantitative estimate of drug-likeness (QED) is 0.454. The number of amides is 1. The minimum atomic E-state index is -5.16. The Balaban J connectivity index is 2.12. The summed E-state index contributed by atoms with van der Waals surface area (Å²) >= 11 is 5.94. The van der Waals surface area contributed by atoms with E-state index >= 15 is 0 Å². The molecule has 0 atom stereocenters. The number of nitrogens with one attached hydrogen (secondary N) is 1. The Labute approximate surface area is 184 Å². The SMILES string of the molecule is COc1cc(C)c(-c2cnc(NC(=O)C(F)(F)F)c(C#Cc3c(F)cccc3Cl)n2)cn1. The van der Waals surface area contributed by atoms with Gasteiger partial charge in [0.05, 0.1) is 29.6 Å². The van der Waals surface area contributed by atoms with Crippen LogP contribution in [0.3, 0.4) is 0 Å². The Hall–Kier alpha value is -3.71. The largest absolute Gasteiger partial charge is 0.481 e. The van der Waals surface area contributed by atoms with Gasteiger partial charge in [0.1, 0.15) is 5.82 Å². The number of methoxy groups -OCH3 is 1. The summed E-state index contributed by atoms with van der Waals surface area (Å²) in [5.74, 6) is 1.70. The summed E-state index contributed by atoms with van der Waals surface area (Å²) in [5.41, 5.74) is 0.895. The van der Waals surface area contributed by atoms with Gasteiger partial charge in [-0.2, -0.15) is 13.2 Å². The molecule has 0 saturated carbocycles. The fourth-order valence-electron chi connectivity index (χ4n) is 2.52. The number of aromatic nitrogens is 3. The molecule has 164 valence electrons. The zero-order chi connectivity index (χ0) is 23.5. The van der Waals surface area contributed by atoms with Crippen LogP contribution in [0.15, 0.2) is 36.7 Å². The Morgan fingerprint density at radius 3 is 2.56 bits per heavy atom. The molecule has 3 rings (SSSR count). The van der Waals surface area contributed by atoms with E-state index in [0.717, 1.165) is 12.3 Å². The van der Waals surface area contributed by atoms with E-state index in [1.807, 2.05) is 0 Å². The second-order valence-electron chi connectivity index (χ2n) is 6.29. The maximum atomic E-state index is 14.0. The van der Waals surface area contributed by atoms with Crippen LogP contribution in [0.25, 0.3) is 11.3 Å². The van der Waals surface area contributed by atoms with Gasteiger partial charge in [-0.3, -0.25) is 4.79 Å². The first-order chi connectivity index (χ1) is 15.1. The first kappa shape index (κ1) is 23.0. The first-order valence-electron chi connectivity index (χ1n) is 8.82. The Morgan fingerprint density at radius 1 is 1.19 bits per heavy atom. The monoisotopic (exact) mass is 464 g/mol. The minimum Gasteiger partial charge on any atom is -0.481 e. The molecule has 11 heteroatoms. The van der Waals surface area contributed by atoms with Crippen LogP contribution in [0.4, 0.5) is 23.4 Å². The molecule has 0 bridgehead atoms. The van der Waals surface area contributed by atoms with Gasteiger partial charge in [-0.15, -0.1) is 0 Å². The molecule has 0 fully saturated rings. The van der Waals surface area contributed by atoms with Crippen molar-refractivity contribution in [2.24, 2.45) is 0 Å². The predicted octanol–water partition coefficient (Wildman–Crippen LogP) is 4.55. The van der Waals surface area contributed by atoms with E-state index in [9.17, 15) is 22.4 Å². The van der Waals surface area contributed by atoms with Crippen LogP contribution in [-0.4, -0.2) is 34.1 Å². The van der Waals surface area contributed by atoms with Gasteiger partial charge in [-0.25, -0.2) is 19.3 Å². The summed E-state index contributed by atoms with van der Waals surface area (Å²) in [6.45, 7) is 1.74. The number of alkyl halides is 3. The van der Waals surface area contributed by atoms with Crippen molar-refractivity contribution in [2.45, 2.75) is 13.1 Å². The van der Waals surface area contributed by atoms with Gasteiger partial charge in [0.2, 0.25) is 5.88 Å². The lowest BCUT2D eigenvalue weighted by Crippen LogP contribution is -2.30. The van der Waals surface area contributed by atoms with Crippen molar-refractivity contribution >= 4 is 23.3 Å². The van der Waals surface area contributed by atoms with Gasteiger partial charge in [-0.05, 0) is 30.5 Å². The first-order valence-corrected chi connectivity index (χ1v) is 9.20. The van der Waals surface area contributed by atoms with E-state index in [2.05, 4.69) is 26.8 Å². The molecule has 32 heavy (non-hydrogen) atoms. The summed E-state index contributed by atoms with van der Waals surface area (Å²) in [4.78, 5) is 23.5. The molecule has 0 radical (unpaired) electrons. The standard InChI is InChI=1S/C21H13ClF4N4O2/c1-11-8-18(32-2)27-9-13(11)17-10-28-19(30-20(31)21(24,25)26)16(29-17)7-6-12-14(22)4-3-5-15(12)23/h3-5,8-10H,1-2H3,(H,28,30,31). The van der Waals surface area contributed by atoms with E-state index in [0.29, 0.717) is 17.0 Å². The zero-order valence-corrected chi connectivity index (χ0v) is 17.3. The number of carbonyl (C=O) groups is 1. The Morgan fingerprint density at radius 2 is 1.94 bits per heavy atom. The highest BCUT2D eigenvalue weighted by molar-refractivity contribution is 6.31. The molecule has 1 amide bonds. The van der Waals surface area contributed by atoms with Crippen molar-refractivity contribution in [3.63, 3.8) is 0 Å². The van der Waals surface area contributed by atoms with Crippen molar-refractivity contribution in [1.29, 1.82) is 0 Å². The molecule has 2 heterocycles. The van der Waals surface area contributed by atoms with E-state index in [-0.39, 0.29) is 22.0 Å². The highest BCUT2D eigenvalue weighted by Gasteiger charge is 2.39. The van der Waals surface area contributed by atoms with E-state index in [1.54, 1.807) is 18.3 Å². The number of rotatable bonds is 3. The molecule has 6 nitrogen and oxygen atoms in total. The second-order valence-corrected chi connectivity index (χ2v) is 6.70. The van der Waals surface area contributed by atoms with Gasteiger partial charge in [0, 0.05) is 17.8 Å². The van der Waals surface area contributed by atoms with Crippen LogP contribution in [-0.2, 0) is 4.79 Å². The number of hydrogen-bond donors (Lipinski definition) is 1. The fraction of sp³-hybridized carbons (Fsp3) is 0.143. The summed E-state index contributed by atoms with van der Waals surface area (Å²) in [6.07, 6.45) is -2.56. The number of aryl methyl sites for hydroxylation is 1. The maximum absolute atomic E-state index is 14.0. The summed E-state index contributed by atoms with van der Waals surface area (Å²) in [6, 6.07) is 5.52. The van der Waals surface area contributed by atoms with Crippen molar-refractivity contribution in [1.82, 2.24) is 15.0 Å². The van der Waals surface area contributed by atoms with Crippen LogP contribution < -0.4 is 10.1 Å². The summed E-state index contributed by atoms with van der Waals surface area (Å²) in [5, 5.41) is 1.62. The van der Waals surface area contributed by atoms with E-state index < -0.39 is 23.7 Å². The smallest absolute Gasteiger partial charge is 0.471 e. The van der Waals surface area contributed by atoms with Crippen LogP contribution in [0.5, 0.6) is 5.88 Å². The molecule has 0 aliphatic rings. The molecule has 2 aromatic heterocycles. The van der Waals surface area contributed by atoms with Gasteiger partial charge >= 0.3 is 12.1 Å². The highest BCUT2D eigenvalue weighted by atomic mass is 35.5. The van der Waals surface area contributed by atoms with Crippen LogP contribution in [0, 0.1) is 24.6 Å². The number of hydrogen-bond acceptors (Lipinski definition) is 5. The summed E-state index contributed by atoms with van der Waals surface area (Å²) < 4.78 is 57.2. The Kier molecular flexibility index (Phi) is 6.60. The average Bonchev–Trinajstić information content (AvgIpc) is 2.73. The van der Waals surface area contributed by atoms with Crippen LogP contribution in [0.2, 0.25) is 5.02 Å². The lowest BCUT2D eigenvalue weighted by molar-refractivity contribution is -0.167. The van der Waals surface area contributed by atoms with Gasteiger partial charge in [0.15, 0.2) is 11.5 Å². The third-order valence-electron chi connectivity index (χ3n) is 4.10. The lowest BCUT2D eigenvalue weighted by Gasteiger charge is -2.11. The van der Waals surface area contributed by atoms with Crippen LogP contribution in [0.1, 0.15) is 16.8 Å². The van der Waals surface area contributed by atoms with Crippen LogP contribution >= 0.6 is 11.6 Å². The topological polar surface area (TPSA) is 77.0 Å². The number of pyridine rings is 1. The molecule has 0 aliphatic heterocycles. The second kappa shape index (κ2) is 9.20. The number of nitrogens with zero attached hydrogens (tertiary/aromatic N) is 3. The number of benzene rings is 1. The Bertz CT molecular complexity index is 1230.